The Bertz CT molecular complexity index is 1120. The summed E-state index contributed by atoms with van der Waals surface area (Å²) in [6.45, 7) is 1.59. The third-order valence-electron chi connectivity index (χ3n) is 4.35. The molecule has 8 heteroatoms. The van der Waals surface area contributed by atoms with E-state index in [0.29, 0.717) is 28.5 Å². The van der Waals surface area contributed by atoms with E-state index in [4.69, 9.17) is 24.4 Å². The van der Waals surface area contributed by atoms with Gasteiger partial charge in [-0.25, -0.2) is 0 Å². The molecule has 152 valence electrons. The molecule has 0 radical (unpaired) electrons. The Morgan fingerprint density at radius 2 is 1.79 bits per heavy atom. The van der Waals surface area contributed by atoms with Crippen LogP contribution in [0.5, 0.6) is 17.2 Å². The number of ether oxygens (including phenoxy) is 3. The summed E-state index contributed by atoms with van der Waals surface area (Å²) >= 11 is 0. The molecule has 1 heterocycles. The Kier molecular flexibility index (Phi) is 5.74. The molecule has 3 rings (SSSR count). The first-order valence-corrected chi connectivity index (χ1v) is 8.83. The minimum atomic E-state index is -0.646. The highest BCUT2D eigenvalue weighted by Crippen LogP contribution is 2.42. The second-order valence-electron chi connectivity index (χ2n) is 6.35. The van der Waals surface area contributed by atoms with Gasteiger partial charge in [0.2, 0.25) is 11.7 Å². The molecule has 2 aromatic carbocycles. The van der Waals surface area contributed by atoms with Crippen molar-refractivity contribution >= 4 is 22.6 Å². The normalized spacial score (nSPS) is 11.8. The van der Waals surface area contributed by atoms with Gasteiger partial charge in [-0.2, -0.15) is 0 Å². The molecule has 0 unspecified atom stereocenters. The number of nitrogens with two attached hydrogens (primary N) is 1. The maximum Gasteiger partial charge on any atom is 0.240 e. The van der Waals surface area contributed by atoms with E-state index >= 15 is 0 Å². The largest absolute Gasteiger partial charge is 0.493 e. The van der Waals surface area contributed by atoms with Gasteiger partial charge in [0.15, 0.2) is 16.9 Å². The summed E-state index contributed by atoms with van der Waals surface area (Å²) in [7, 11) is 4.38. The topological polar surface area (TPSA) is 113 Å². The van der Waals surface area contributed by atoms with Crippen molar-refractivity contribution in [2.24, 2.45) is 5.73 Å². The third kappa shape index (κ3) is 3.88. The van der Waals surface area contributed by atoms with Gasteiger partial charge in [-0.3, -0.25) is 9.59 Å². The van der Waals surface area contributed by atoms with Crippen LogP contribution in [0.1, 0.15) is 6.92 Å². The smallest absolute Gasteiger partial charge is 0.240 e. The van der Waals surface area contributed by atoms with E-state index in [0.717, 1.165) is 0 Å². The standard InChI is InChI=1S/C21H22N2O6/c1-11(22)21(25)23-13-7-5-6-12(8-13)15-9-14(24)18-16(29-15)10-17(26-2)19(27-3)20(18)28-4/h5-11H,22H2,1-4H3,(H,23,25)/t11-/m0/s1. The lowest BCUT2D eigenvalue weighted by molar-refractivity contribution is -0.117. The molecule has 3 N–H and O–H groups in total. The molecule has 0 aliphatic rings. The van der Waals surface area contributed by atoms with Crippen LogP contribution in [0.15, 0.2) is 45.6 Å². The predicted molar refractivity (Wildman–Crippen MR) is 110 cm³/mol. The zero-order valence-corrected chi connectivity index (χ0v) is 16.6. The summed E-state index contributed by atoms with van der Waals surface area (Å²) in [5.74, 6) is 0.927. The van der Waals surface area contributed by atoms with Gasteiger partial charge in [-0.1, -0.05) is 12.1 Å². The van der Waals surface area contributed by atoms with Gasteiger partial charge in [0.1, 0.15) is 16.7 Å². The first-order valence-electron chi connectivity index (χ1n) is 8.83. The third-order valence-corrected chi connectivity index (χ3v) is 4.35. The van der Waals surface area contributed by atoms with Gasteiger partial charge in [0.25, 0.3) is 0 Å². The fraction of sp³-hybridized carbons (Fsp3) is 0.238. The van der Waals surface area contributed by atoms with Crippen LogP contribution >= 0.6 is 0 Å². The molecule has 29 heavy (non-hydrogen) atoms. The summed E-state index contributed by atoms with van der Waals surface area (Å²) in [6, 6.07) is 9.22. The second kappa shape index (κ2) is 8.24. The molecule has 3 aromatic rings. The fourth-order valence-electron chi connectivity index (χ4n) is 2.94. The minimum absolute atomic E-state index is 0.236. The number of carbonyl (C=O) groups is 1. The highest BCUT2D eigenvalue weighted by molar-refractivity contribution is 5.95. The van der Waals surface area contributed by atoms with E-state index in [1.807, 2.05) is 0 Å². The lowest BCUT2D eigenvalue weighted by Crippen LogP contribution is -2.32. The number of fused-ring (bicyclic) bond motifs is 1. The van der Waals surface area contributed by atoms with Crippen molar-refractivity contribution in [3.63, 3.8) is 0 Å². The highest BCUT2D eigenvalue weighted by Gasteiger charge is 2.21. The van der Waals surface area contributed by atoms with Crippen LogP contribution < -0.4 is 30.7 Å². The molecule has 1 atom stereocenters. The Balaban J connectivity index is 2.15. The van der Waals surface area contributed by atoms with Crippen molar-refractivity contribution in [1.29, 1.82) is 0 Å². The van der Waals surface area contributed by atoms with Crippen molar-refractivity contribution in [2.75, 3.05) is 26.6 Å². The zero-order chi connectivity index (χ0) is 21.1. The van der Waals surface area contributed by atoms with Gasteiger partial charge >= 0.3 is 0 Å². The van der Waals surface area contributed by atoms with E-state index in [-0.39, 0.29) is 28.1 Å². The van der Waals surface area contributed by atoms with Gasteiger partial charge in [0, 0.05) is 23.4 Å². The SMILES string of the molecule is COc1cc2oc(-c3cccc(NC(=O)[C@H](C)N)c3)cc(=O)c2c(OC)c1OC. The molecule has 0 saturated heterocycles. The maximum absolute atomic E-state index is 12.8. The number of amides is 1. The molecular weight excluding hydrogens is 376 g/mol. The van der Waals surface area contributed by atoms with Crippen LogP contribution in [0.2, 0.25) is 0 Å². The number of nitrogens with one attached hydrogen (secondary N) is 1. The number of hydrogen-bond donors (Lipinski definition) is 2. The van der Waals surface area contributed by atoms with Gasteiger partial charge in [-0.15, -0.1) is 0 Å². The number of hydrogen-bond acceptors (Lipinski definition) is 7. The van der Waals surface area contributed by atoms with E-state index in [1.165, 1.54) is 27.4 Å². The van der Waals surface area contributed by atoms with Crippen LogP contribution in [0, 0.1) is 0 Å². The van der Waals surface area contributed by atoms with E-state index in [9.17, 15) is 9.59 Å². The molecule has 0 fully saturated rings. The van der Waals surface area contributed by atoms with Crippen molar-refractivity contribution < 1.29 is 23.4 Å². The van der Waals surface area contributed by atoms with Crippen LogP contribution in [0.3, 0.4) is 0 Å². The fourth-order valence-corrected chi connectivity index (χ4v) is 2.94. The summed E-state index contributed by atoms with van der Waals surface area (Å²) in [5.41, 5.74) is 6.72. The van der Waals surface area contributed by atoms with Crippen LogP contribution in [-0.4, -0.2) is 33.3 Å². The highest BCUT2D eigenvalue weighted by atomic mass is 16.5. The minimum Gasteiger partial charge on any atom is -0.493 e. The Hall–Kier alpha value is -3.52. The van der Waals surface area contributed by atoms with Crippen molar-refractivity contribution in [1.82, 2.24) is 0 Å². The Morgan fingerprint density at radius 3 is 2.41 bits per heavy atom. The zero-order valence-electron chi connectivity index (χ0n) is 16.6. The molecule has 0 aliphatic carbocycles. The second-order valence-corrected chi connectivity index (χ2v) is 6.35. The number of anilines is 1. The Morgan fingerprint density at radius 1 is 1.07 bits per heavy atom. The quantitative estimate of drug-likeness (QED) is 0.656. The predicted octanol–water partition coefficient (Wildman–Crippen LogP) is 2.77. The molecule has 0 saturated carbocycles. The molecule has 1 amide bonds. The molecular formula is C21H22N2O6. The number of rotatable bonds is 6. The molecule has 0 spiro atoms. The summed E-state index contributed by atoms with van der Waals surface area (Å²) in [6.07, 6.45) is 0. The molecule has 8 nitrogen and oxygen atoms in total. The van der Waals surface area contributed by atoms with Gasteiger partial charge in [-0.05, 0) is 19.1 Å². The van der Waals surface area contributed by atoms with Crippen molar-refractivity contribution in [3.8, 4) is 28.6 Å². The molecule has 0 aliphatic heterocycles. The summed E-state index contributed by atoms with van der Waals surface area (Å²) < 4.78 is 22.0. The number of carbonyl (C=O) groups excluding carboxylic acids is 1. The van der Waals surface area contributed by atoms with Gasteiger partial charge < -0.3 is 29.7 Å². The molecule has 0 bridgehead atoms. The van der Waals surface area contributed by atoms with Gasteiger partial charge in [0.05, 0.1) is 27.4 Å². The molecule has 1 aromatic heterocycles. The number of benzene rings is 2. The van der Waals surface area contributed by atoms with Crippen LogP contribution in [0.4, 0.5) is 5.69 Å². The van der Waals surface area contributed by atoms with E-state index in [1.54, 1.807) is 37.3 Å². The first kappa shape index (κ1) is 20.2. The van der Waals surface area contributed by atoms with E-state index in [2.05, 4.69) is 5.32 Å². The lowest BCUT2D eigenvalue weighted by Gasteiger charge is -2.14. The van der Waals surface area contributed by atoms with E-state index < -0.39 is 6.04 Å². The van der Waals surface area contributed by atoms with Crippen molar-refractivity contribution in [3.05, 3.63) is 46.6 Å². The van der Waals surface area contributed by atoms with Crippen LogP contribution in [0.25, 0.3) is 22.3 Å². The van der Waals surface area contributed by atoms with Crippen molar-refractivity contribution in [2.45, 2.75) is 13.0 Å². The first-order chi connectivity index (χ1) is 13.9. The average Bonchev–Trinajstić information content (AvgIpc) is 2.72. The van der Waals surface area contributed by atoms with Crippen LogP contribution in [-0.2, 0) is 4.79 Å². The maximum atomic E-state index is 12.8. The average molecular weight is 398 g/mol. The Labute approximate surface area is 167 Å². The monoisotopic (exact) mass is 398 g/mol. The number of methoxy groups -OCH3 is 3. The lowest BCUT2D eigenvalue weighted by atomic mass is 10.1. The summed E-state index contributed by atoms with van der Waals surface area (Å²) in [4.78, 5) is 24.7. The summed E-state index contributed by atoms with van der Waals surface area (Å²) in [5, 5.41) is 2.96.